The van der Waals surface area contributed by atoms with Gasteiger partial charge in [-0.25, -0.2) is 0 Å². The number of halogens is 1. The molecule has 2 N–H and O–H groups in total. The maximum absolute atomic E-state index is 6.03. The average molecular weight is 230 g/mol. The van der Waals surface area contributed by atoms with Gasteiger partial charge in [0.2, 0.25) is 0 Å². The van der Waals surface area contributed by atoms with E-state index in [-0.39, 0.29) is 0 Å². The van der Waals surface area contributed by atoms with Crippen LogP contribution in [0, 0.1) is 0 Å². The molecule has 0 spiro atoms. The summed E-state index contributed by atoms with van der Waals surface area (Å²) in [4.78, 5) is 1.10. The average Bonchev–Trinajstić information content (AvgIpc) is 2.18. The van der Waals surface area contributed by atoms with Gasteiger partial charge >= 0.3 is 0 Å². The van der Waals surface area contributed by atoms with Crippen LogP contribution in [0.25, 0.3) is 0 Å². The van der Waals surface area contributed by atoms with Crippen LogP contribution in [-0.2, 0) is 0 Å². The van der Waals surface area contributed by atoms with Gasteiger partial charge in [0.05, 0.1) is 5.02 Å². The molecule has 0 bridgehead atoms. The fraction of sp³-hybridized carbons (Fsp3) is 0.455. The van der Waals surface area contributed by atoms with Gasteiger partial charge in [-0.05, 0) is 30.4 Å². The highest BCUT2D eigenvalue weighted by Gasteiger charge is 2.00. The van der Waals surface area contributed by atoms with E-state index in [1.807, 2.05) is 18.2 Å². The molecule has 0 atom stereocenters. The summed E-state index contributed by atoms with van der Waals surface area (Å²) in [5, 5.41) is 0.806. The summed E-state index contributed by atoms with van der Waals surface area (Å²) < 4.78 is 0. The zero-order valence-electron chi connectivity index (χ0n) is 8.42. The number of hydrogen-bond donors (Lipinski definition) is 1. The van der Waals surface area contributed by atoms with Crippen molar-refractivity contribution in [2.24, 2.45) is 0 Å². The molecule has 0 radical (unpaired) electrons. The van der Waals surface area contributed by atoms with Crippen molar-refractivity contribution in [1.82, 2.24) is 0 Å². The third-order valence-electron chi connectivity index (χ3n) is 1.96. The lowest BCUT2D eigenvalue weighted by Gasteiger charge is -2.04. The largest absolute Gasteiger partial charge is 0.399 e. The van der Waals surface area contributed by atoms with Crippen molar-refractivity contribution in [3.8, 4) is 0 Å². The lowest BCUT2D eigenvalue weighted by Crippen LogP contribution is -1.86. The SMILES string of the molecule is CCCCCSc1cc(N)ccc1Cl. The number of rotatable bonds is 5. The van der Waals surface area contributed by atoms with Crippen LogP contribution in [-0.4, -0.2) is 5.75 Å². The van der Waals surface area contributed by atoms with Crippen molar-refractivity contribution in [2.45, 2.75) is 31.1 Å². The third kappa shape index (κ3) is 3.81. The Balaban J connectivity index is 2.45. The van der Waals surface area contributed by atoms with Gasteiger partial charge in [0.1, 0.15) is 0 Å². The zero-order chi connectivity index (χ0) is 10.4. The maximum atomic E-state index is 6.03. The smallest absolute Gasteiger partial charge is 0.0543 e. The summed E-state index contributed by atoms with van der Waals surface area (Å²) in [7, 11) is 0. The van der Waals surface area contributed by atoms with Crippen LogP contribution in [0.2, 0.25) is 5.02 Å². The molecule has 1 nitrogen and oxygen atoms in total. The van der Waals surface area contributed by atoms with Crippen molar-refractivity contribution >= 4 is 29.1 Å². The quantitative estimate of drug-likeness (QED) is 0.465. The minimum atomic E-state index is 0.785. The van der Waals surface area contributed by atoms with Crippen molar-refractivity contribution < 1.29 is 0 Å². The number of nitrogens with two attached hydrogens (primary N) is 1. The summed E-state index contributed by atoms with van der Waals surface area (Å²) in [6, 6.07) is 5.64. The Bertz CT molecular complexity index is 289. The predicted octanol–water partition coefficient (Wildman–Crippen LogP) is 4.20. The van der Waals surface area contributed by atoms with E-state index in [0.29, 0.717) is 0 Å². The molecule has 14 heavy (non-hydrogen) atoms. The summed E-state index contributed by atoms with van der Waals surface area (Å²) in [5.74, 6) is 1.12. The Kier molecular flexibility index (Phi) is 5.20. The van der Waals surface area contributed by atoms with Crippen LogP contribution >= 0.6 is 23.4 Å². The molecular formula is C11H16ClNS. The molecule has 0 unspecified atom stereocenters. The molecule has 78 valence electrons. The molecule has 1 rings (SSSR count). The summed E-state index contributed by atoms with van der Waals surface area (Å²) in [6.45, 7) is 2.21. The number of benzene rings is 1. The van der Waals surface area contributed by atoms with E-state index >= 15 is 0 Å². The number of thioether (sulfide) groups is 1. The molecule has 0 aliphatic rings. The normalized spacial score (nSPS) is 10.4. The van der Waals surface area contributed by atoms with Crippen LogP contribution < -0.4 is 5.73 Å². The van der Waals surface area contributed by atoms with E-state index in [1.54, 1.807) is 11.8 Å². The van der Waals surface area contributed by atoms with Gasteiger partial charge in [0.15, 0.2) is 0 Å². The summed E-state index contributed by atoms with van der Waals surface area (Å²) in [6.07, 6.45) is 3.78. The first kappa shape index (κ1) is 11.7. The molecule has 1 aromatic rings. The van der Waals surface area contributed by atoms with Crippen LogP contribution in [0.1, 0.15) is 26.2 Å². The van der Waals surface area contributed by atoms with Gasteiger partial charge in [-0.1, -0.05) is 31.4 Å². The highest BCUT2D eigenvalue weighted by molar-refractivity contribution is 7.99. The first-order valence-electron chi connectivity index (χ1n) is 4.92. The first-order valence-corrected chi connectivity index (χ1v) is 6.28. The van der Waals surface area contributed by atoms with E-state index in [0.717, 1.165) is 21.4 Å². The van der Waals surface area contributed by atoms with Gasteiger partial charge in [-0.2, -0.15) is 0 Å². The lowest BCUT2D eigenvalue weighted by molar-refractivity contribution is 0.778. The summed E-state index contributed by atoms with van der Waals surface area (Å²) >= 11 is 7.82. The summed E-state index contributed by atoms with van der Waals surface area (Å²) in [5.41, 5.74) is 6.47. The molecule has 0 aliphatic carbocycles. The van der Waals surface area contributed by atoms with Crippen LogP contribution in [0.15, 0.2) is 23.1 Å². The Hall–Kier alpha value is -0.340. The fourth-order valence-corrected chi connectivity index (χ4v) is 2.44. The second kappa shape index (κ2) is 6.20. The molecule has 0 aliphatic heterocycles. The molecule has 0 aromatic heterocycles. The number of hydrogen-bond acceptors (Lipinski definition) is 2. The standard InChI is InChI=1S/C11H16ClNS/c1-2-3-4-7-14-11-8-9(13)5-6-10(11)12/h5-6,8H,2-4,7,13H2,1H3. The minimum absolute atomic E-state index is 0.785. The lowest BCUT2D eigenvalue weighted by atomic mass is 10.3. The molecule has 0 saturated carbocycles. The van der Waals surface area contributed by atoms with E-state index in [2.05, 4.69) is 6.92 Å². The Morgan fingerprint density at radius 1 is 1.36 bits per heavy atom. The van der Waals surface area contributed by atoms with Crippen molar-refractivity contribution in [3.05, 3.63) is 23.2 Å². The van der Waals surface area contributed by atoms with Gasteiger partial charge in [0, 0.05) is 10.6 Å². The first-order chi connectivity index (χ1) is 6.74. The Labute approximate surface area is 95.0 Å². The van der Waals surface area contributed by atoms with Gasteiger partial charge in [-0.3, -0.25) is 0 Å². The fourth-order valence-electron chi connectivity index (χ4n) is 1.16. The Morgan fingerprint density at radius 2 is 2.14 bits per heavy atom. The second-order valence-electron chi connectivity index (χ2n) is 3.25. The molecule has 3 heteroatoms. The molecular weight excluding hydrogens is 214 g/mol. The van der Waals surface area contributed by atoms with Gasteiger partial charge in [0.25, 0.3) is 0 Å². The molecule has 0 fully saturated rings. The van der Waals surface area contributed by atoms with E-state index < -0.39 is 0 Å². The van der Waals surface area contributed by atoms with E-state index in [4.69, 9.17) is 17.3 Å². The van der Waals surface area contributed by atoms with Crippen molar-refractivity contribution in [2.75, 3.05) is 11.5 Å². The van der Waals surface area contributed by atoms with Crippen molar-refractivity contribution in [1.29, 1.82) is 0 Å². The number of nitrogen functional groups attached to an aromatic ring is 1. The second-order valence-corrected chi connectivity index (χ2v) is 4.79. The third-order valence-corrected chi connectivity index (χ3v) is 3.54. The highest BCUT2D eigenvalue weighted by Crippen LogP contribution is 2.29. The van der Waals surface area contributed by atoms with Gasteiger partial charge in [-0.15, -0.1) is 11.8 Å². The van der Waals surface area contributed by atoms with Gasteiger partial charge < -0.3 is 5.73 Å². The highest BCUT2D eigenvalue weighted by atomic mass is 35.5. The van der Waals surface area contributed by atoms with E-state index in [1.165, 1.54) is 19.3 Å². The molecule has 0 amide bonds. The maximum Gasteiger partial charge on any atom is 0.0543 e. The van der Waals surface area contributed by atoms with Crippen molar-refractivity contribution in [3.63, 3.8) is 0 Å². The molecule has 0 saturated heterocycles. The van der Waals surface area contributed by atoms with Crippen LogP contribution in [0.4, 0.5) is 5.69 Å². The number of anilines is 1. The molecule has 1 aromatic carbocycles. The zero-order valence-corrected chi connectivity index (χ0v) is 10.00. The van der Waals surface area contributed by atoms with Crippen LogP contribution in [0.3, 0.4) is 0 Å². The topological polar surface area (TPSA) is 26.0 Å². The molecule has 0 heterocycles. The van der Waals surface area contributed by atoms with E-state index in [9.17, 15) is 0 Å². The Morgan fingerprint density at radius 3 is 2.86 bits per heavy atom. The van der Waals surface area contributed by atoms with Crippen LogP contribution in [0.5, 0.6) is 0 Å². The minimum Gasteiger partial charge on any atom is -0.399 e. The monoisotopic (exact) mass is 229 g/mol. The predicted molar refractivity (Wildman–Crippen MR) is 66.1 cm³/mol. The number of unbranched alkanes of at least 4 members (excludes halogenated alkanes) is 2.